The van der Waals surface area contributed by atoms with Crippen LogP contribution < -0.4 is 4.90 Å². The molecule has 0 spiro atoms. The second kappa shape index (κ2) is 3.34. The number of carbonyl (C=O) groups is 2. The van der Waals surface area contributed by atoms with E-state index < -0.39 is 11.4 Å². The zero-order valence-electron chi connectivity index (χ0n) is 10.4. The van der Waals surface area contributed by atoms with Gasteiger partial charge in [0.2, 0.25) is 5.91 Å². The molecule has 1 aromatic rings. The van der Waals surface area contributed by atoms with Crippen LogP contribution in [-0.4, -0.2) is 23.0 Å². The van der Waals surface area contributed by atoms with E-state index in [9.17, 15) is 9.59 Å². The van der Waals surface area contributed by atoms with Crippen LogP contribution in [0.5, 0.6) is 0 Å². The van der Waals surface area contributed by atoms with Gasteiger partial charge in [-0.15, -0.1) is 0 Å². The number of hydrogen-bond donors (Lipinski definition) is 1. The van der Waals surface area contributed by atoms with Crippen molar-refractivity contribution in [2.24, 2.45) is 0 Å². The topological polar surface area (TPSA) is 57.6 Å². The van der Waals surface area contributed by atoms with Crippen LogP contribution in [0.15, 0.2) is 18.2 Å². The molecule has 1 N–H and O–H groups in total. The van der Waals surface area contributed by atoms with Gasteiger partial charge in [0.25, 0.3) is 0 Å². The summed E-state index contributed by atoms with van der Waals surface area (Å²) in [5.41, 5.74) is 1.41. The zero-order valence-corrected chi connectivity index (χ0v) is 10.4. The summed E-state index contributed by atoms with van der Waals surface area (Å²) in [5.74, 6) is -0.867. The maximum atomic E-state index is 12.4. The molecule has 0 bridgehead atoms. The number of rotatable bonds is 2. The third kappa shape index (κ3) is 1.38. The van der Waals surface area contributed by atoms with Crippen molar-refractivity contribution in [3.05, 3.63) is 29.3 Å². The second-order valence-electron chi connectivity index (χ2n) is 5.57. The Morgan fingerprint density at radius 2 is 2.06 bits per heavy atom. The summed E-state index contributed by atoms with van der Waals surface area (Å²) < 4.78 is 0. The van der Waals surface area contributed by atoms with Gasteiger partial charge in [-0.1, -0.05) is 6.07 Å². The van der Waals surface area contributed by atoms with Crippen molar-refractivity contribution in [3.8, 4) is 0 Å². The number of carboxylic acids is 1. The molecule has 0 aromatic heterocycles. The van der Waals surface area contributed by atoms with Crippen LogP contribution >= 0.6 is 0 Å². The molecular formula is C14H15NO3. The van der Waals surface area contributed by atoms with Crippen LogP contribution in [0.25, 0.3) is 0 Å². The Labute approximate surface area is 105 Å². The van der Waals surface area contributed by atoms with Gasteiger partial charge in [0.15, 0.2) is 0 Å². The Kier molecular flexibility index (Phi) is 2.09. The third-order valence-electron chi connectivity index (χ3n) is 3.84. The quantitative estimate of drug-likeness (QED) is 0.868. The standard InChI is InChI=1S/C14H15NO3/c1-14(2)10-6-3-8(12(16)17)7-11(10)15(13(14)18)9-4-5-9/h3,6-7,9H,4-5H2,1-2H3,(H,16,17). The van der Waals surface area contributed by atoms with Crippen LogP contribution in [0.3, 0.4) is 0 Å². The lowest BCUT2D eigenvalue weighted by molar-refractivity contribution is -0.122. The van der Waals surface area contributed by atoms with E-state index in [2.05, 4.69) is 0 Å². The molecule has 0 unspecified atom stereocenters. The monoisotopic (exact) mass is 245 g/mol. The zero-order chi connectivity index (χ0) is 13.1. The molecule has 94 valence electrons. The van der Waals surface area contributed by atoms with Crippen molar-refractivity contribution in [3.63, 3.8) is 0 Å². The van der Waals surface area contributed by atoms with Gasteiger partial charge >= 0.3 is 5.97 Å². The van der Waals surface area contributed by atoms with Crippen LogP contribution in [0.1, 0.15) is 42.6 Å². The number of carboxylic acid groups (broad SMARTS) is 1. The SMILES string of the molecule is CC1(C)C(=O)N(C2CC2)c2cc(C(=O)O)ccc21. The molecule has 0 atom stereocenters. The van der Waals surface area contributed by atoms with E-state index in [0.29, 0.717) is 0 Å². The lowest BCUT2D eigenvalue weighted by Crippen LogP contribution is -2.37. The van der Waals surface area contributed by atoms with Crippen LogP contribution in [0, 0.1) is 0 Å². The lowest BCUT2D eigenvalue weighted by Gasteiger charge is -2.19. The molecule has 1 aromatic carbocycles. The van der Waals surface area contributed by atoms with Crippen molar-refractivity contribution in [2.75, 3.05) is 4.90 Å². The summed E-state index contributed by atoms with van der Waals surface area (Å²) in [4.78, 5) is 25.3. The molecule has 0 radical (unpaired) electrons. The number of anilines is 1. The fourth-order valence-corrected chi connectivity index (χ4v) is 2.61. The van der Waals surface area contributed by atoms with E-state index in [0.717, 1.165) is 24.1 Å². The normalized spacial score (nSPS) is 21.0. The van der Waals surface area contributed by atoms with Gasteiger partial charge in [0.1, 0.15) is 0 Å². The maximum absolute atomic E-state index is 12.4. The van der Waals surface area contributed by atoms with Crippen molar-refractivity contribution in [1.29, 1.82) is 0 Å². The molecule has 1 aliphatic heterocycles. The fourth-order valence-electron chi connectivity index (χ4n) is 2.61. The smallest absolute Gasteiger partial charge is 0.335 e. The van der Waals surface area contributed by atoms with Gasteiger partial charge in [-0.25, -0.2) is 4.79 Å². The van der Waals surface area contributed by atoms with Gasteiger partial charge in [0.05, 0.1) is 11.0 Å². The molecule has 18 heavy (non-hydrogen) atoms. The Morgan fingerprint density at radius 1 is 1.39 bits per heavy atom. The summed E-state index contributed by atoms with van der Waals surface area (Å²) in [6.07, 6.45) is 2.02. The summed E-state index contributed by atoms with van der Waals surface area (Å²) in [6, 6.07) is 5.25. The minimum atomic E-state index is -0.953. The Hall–Kier alpha value is -1.84. The Morgan fingerprint density at radius 3 is 2.61 bits per heavy atom. The highest BCUT2D eigenvalue weighted by Gasteiger charge is 2.49. The van der Waals surface area contributed by atoms with E-state index in [1.54, 1.807) is 23.1 Å². The summed E-state index contributed by atoms with van der Waals surface area (Å²) in [5, 5.41) is 9.05. The highest BCUT2D eigenvalue weighted by Crippen LogP contribution is 2.46. The second-order valence-corrected chi connectivity index (χ2v) is 5.57. The predicted octanol–water partition coefficient (Wildman–Crippen LogP) is 2.17. The first kappa shape index (κ1) is 11.3. The number of fused-ring (bicyclic) bond motifs is 1. The molecular weight excluding hydrogens is 230 g/mol. The third-order valence-corrected chi connectivity index (χ3v) is 3.84. The van der Waals surface area contributed by atoms with Gasteiger partial charge in [-0.05, 0) is 44.4 Å². The van der Waals surface area contributed by atoms with Crippen LogP contribution in [-0.2, 0) is 10.2 Å². The molecule has 3 rings (SSSR count). The van der Waals surface area contributed by atoms with E-state index in [4.69, 9.17) is 5.11 Å². The molecule has 4 nitrogen and oxygen atoms in total. The molecule has 1 fully saturated rings. The van der Waals surface area contributed by atoms with Crippen molar-refractivity contribution >= 4 is 17.6 Å². The number of amides is 1. The fraction of sp³-hybridized carbons (Fsp3) is 0.429. The van der Waals surface area contributed by atoms with Crippen LogP contribution in [0.2, 0.25) is 0 Å². The molecule has 0 saturated heterocycles. The Balaban J connectivity index is 2.17. The van der Waals surface area contributed by atoms with E-state index in [1.807, 2.05) is 13.8 Å². The number of carbonyl (C=O) groups excluding carboxylic acids is 1. The number of hydrogen-bond acceptors (Lipinski definition) is 2. The largest absolute Gasteiger partial charge is 0.478 e. The molecule has 1 aliphatic carbocycles. The van der Waals surface area contributed by atoms with Gasteiger partial charge < -0.3 is 10.0 Å². The van der Waals surface area contributed by atoms with Crippen LogP contribution in [0.4, 0.5) is 5.69 Å². The van der Waals surface area contributed by atoms with E-state index >= 15 is 0 Å². The van der Waals surface area contributed by atoms with Gasteiger partial charge in [-0.3, -0.25) is 4.79 Å². The van der Waals surface area contributed by atoms with Crippen molar-refractivity contribution in [2.45, 2.75) is 38.1 Å². The molecule has 2 aliphatic rings. The summed E-state index contributed by atoms with van der Waals surface area (Å²) >= 11 is 0. The average Bonchev–Trinajstić information content (AvgIpc) is 3.10. The first-order valence-corrected chi connectivity index (χ1v) is 6.14. The molecule has 4 heteroatoms. The molecule has 1 heterocycles. The minimum absolute atomic E-state index is 0.0857. The Bertz CT molecular complexity index is 558. The minimum Gasteiger partial charge on any atom is -0.478 e. The summed E-state index contributed by atoms with van der Waals surface area (Å²) in [7, 11) is 0. The highest BCUT2D eigenvalue weighted by molar-refractivity contribution is 6.09. The van der Waals surface area contributed by atoms with E-state index in [1.165, 1.54) is 0 Å². The first-order chi connectivity index (χ1) is 8.43. The predicted molar refractivity (Wildman–Crippen MR) is 66.9 cm³/mol. The average molecular weight is 245 g/mol. The lowest BCUT2D eigenvalue weighted by atomic mass is 9.86. The van der Waals surface area contributed by atoms with Crippen molar-refractivity contribution < 1.29 is 14.7 Å². The van der Waals surface area contributed by atoms with Gasteiger partial charge in [-0.2, -0.15) is 0 Å². The van der Waals surface area contributed by atoms with Gasteiger partial charge in [0, 0.05) is 11.7 Å². The highest BCUT2D eigenvalue weighted by atomic mass is 16.4. The maximum Gasteiger partial charge on any atom is 0.335 e. The van der Waals surface area contributed by atoms with Crippen molar-refractivity contribution in [1.82, 2.24) is 0 Å². The molecule has 1 saturated carbocycles. The first-order valence-electron chi connectivity index (χ1n) is 6.14. The van der Waals surface area contributed by atoms with E-state index in [-0.39, 0.29) is 17.5 Å². The molecule has 1 amide bonds. The number of aromatic carboxylic acids is 1. The number of nitrogens with zero attached hydrogens (tertiary/aromatic N) is 1. The summed E-state index contributed by atoms with van der Waals surface area (Å²) in [6.45, 7) is 3.80. The number of benzene rings is 1.